The van der Waals surface area contributed by atoms with Crippen molar-refractivity contribution in [1.29, 1.82) is 0 Å². The van der Waals surface area contributed by atoms with Crippen molar-refractivity contribution in [3.63, 3.8) is 0 Å². The van der Waals surface area contributed by atoms with Crippen LogP contribution in [0.5, 0.6) is 0 Å². The van der Waals surface area contributed by atoms with Crippen molar-refractivity contribution in [1.82, 2.24) is 0 Å². The summed E-state index contributed by atoms with van der Waals surface area (Å²) < 4.78 is 10.6. The number of ether oxygens (including phenoxy) is 2. The van der Waals surface area contributed by atoms with Crippen molar-refractivity contribution < 1.29 is 19.4 Å². The van der Waals surface area contributed by atoms with Crippen LogP contribution in [0.15, 0.2) is 18.2 Å². The van der Waals surface area contributed by atoms with Crippen LogP contribution in [0.3, 0.4) is 0 Å². The first kappa shape index (κ1) is 15.6. The first-order chi connectivity index (χ1) is 10.0. The summed E-state index contributed by atoms with van der Waals surface area (Å²) in [7, 11) is 0. The van der Waals surface area contributed by atoms with E-state index >= 15 is 0 Å². The van der Waals surface area contributed by atoms with Crippen molar-refractivity contribution in [2.45, 2.75) is 26.1 Å². The maximum absolute atomic E-state index is 11.8. The van der Waals surface area contributed by atoms with E-state index in [0.29, 0.717) is 30.9 Å². The fraction of sp³-hybridized carbons (Fsp3) is 0.533. The molecule has 2 atom stereocenters. The summed E-state index contributed by atoms with van der Waals surface area (Å²) in [6.45, 7) is 5.20. The van der Waals surface area contributed by atoms with E-state index in [2.05, 4.69) is 0 Å². The highest BCUT2D eigenvalue weighted by molar-refractivity contribution is 5.92. The molecule has 1 heterocycles. The minimum Gasteiger partial charge on any atom is -0.462 e. The molecule has 1 saturated heterocycles. The Labute approximate surface area is 124 Å². The highest BCUT2D eigenvalue weighted by Gasteiger charge is 2.26. The maximum atomic E-state index is 11.8. The molecule has 2 rings (SSSR count). The molecule has 6 nitrogen and oxygen atoms in total. The summed E-state index contributed by atoms with van der Waals surface area (Å²) in [5, 5.41) is 9.30. The van der Waals surface area contributed by atoms with Gasteiger partial charge in [0.15, 0.2) is 0 Å². The lowest BCUT2D eigenvalue weighted by atomic mass is 10.1. The summed E-state index contributed by atoms with van der Waals surface area (Å²) >= 11 is 0. The molecule has 2 unspecified atom stereocenters. The van der Waals surface area contributed by atoms with E-state index in [1.54, 1.807) is 25.1 Å². The first-order valence-corrected chi connectivity index (χ1v) is 7.13. The average molecular weight is 294 g/mol. The highest BCUT2D eigenvalue weighted by Crippen LogP contribution is 2.28. The molecule has 0 spiro atoms. The zero-order valence-corrected chi connectivity index (χ0v) is 12.4. The van der Waals surface area contributed by atoms with Crippen LogP contribution in [0.2, 0.25) is 0 Å². The van der Waals surface area contributed by atoms with Gasteiger partial charge in [0, 0.05) is 13.1 Å². The lowest BCUT2D eigenvalue weighted by Gasteiger charge is -2.38. The Kier molecular flexibility index (Phi) is 5.03. The van der Waals surface area contributed by atoms with Gasteiger partial charge >= 0.3 is 5.97 Å². The predicted octanol–water partition coefficient (Wildman–Crippen LogP) is 1.03. The van der Waals surface area contributed by atoms with Gasteiger partial charge in [-0.2, -0.15) is 0 Å². The van der Waals surface area contributed by atoms with Crippen LogP contribution in [-0.4, -0.2) is 49.6 Å². The van der Waals surface area contributed by atoms with Crippen LogP contribution >= 0.6 is 0 Å². The Hall–Kier alpha value is -1.79. The smallest absolute Gasteiger partial charge is 0.338 e. The third kappa shape index (κ3) is 3.65. The molecule has 0 bridgehead atoms. The van der Waals surface area contributed by atoms with E-state index in [-0.39, 0.29) is 24.8 Å². The molecule has 1 aromatic rings. The second kappa shape index (κ2) is 6.78. The molecule has 6 heteroatoms. The van der Waals surface area contributed by atoms with Crippen molar-refractivity contribution in [2.75, 3.05) is 36.9 Å². The zero-order valence-electron chi connectivity index (χ0n) is 12.4. The SMILES string of the molecule is CCOC(=O)c1ccc(N)c(N2CC(C)OC(CO)C2)c1. The Balaban J connectivity index is 2.25. The van der Waals surface area contributed by atoms with Gasteiger partial charge in [-0.1, -0.05) is 0 Å². The van der Waals surface area contributed by atoms with Crippen molar-refractivity contribution in [3.8, 4) is 0 Å². The van der Waals surface area contributed by atoms with Crippen LogP contribution in [0.1, 0.15) is 24.2 Å². The summed E-state index contributed by atoms with van der Waals surface area (Å²) in [4.78, 5) is 13.9. The number of hydrogen-bond acceptors (Lipinski definition) is 6. The van der Waals surface area contributed by atoms with Gasteiger partial charge < -0.3 is 25.2 Å². The van der Waals surface area contributed by atoms with Gasteiger partial charge in [-0.25, -0.2) is 4.79 Å². The predicted molar refractivity (Wildman–Crippen MR) is 80.4 cm³/mol. The molecule has 21 heavy (non-hydrogen) atoms. The third-order valence-corrected chi connectivity index (χ3v) is 3.41. The Morgan fingerprint density at radius 3 is 2.95 bits per heavy atom. The number of nitrogen functional groups attached to an aromatic ring is 1. The molecular formula is C15H22N2O4. The van der Waals surface area contributed by atoms with Crippen LogP contribution in [0, 0.1) is 0 Å². The van der Waals surface area contributed by atoms with Crippen molar-refractivity contribution >= 4 is 17.3 Å². The zero-order chi connectivity index (χ0) is 15.4. The van der Waals surface area contributed by atoms with Gasteiger partial charge in [-0.15, -0.1) is 0 Å². The monoisotopic (exact) mass is 294 g/mol. The number of nitrogens with zero attached hydrogens (tertiary/aromatic N) is 1. The first-order valence-electron chi connectivity index (χ1n) is 7.13. The number of anilines is 2. The molecule has 0 amide bonds. The molecule has 1 aromatic carbocycles. The van der Waals surface area contributed by atoms with Gasteiger partial charge in [-0.3, -0.25) is 0 Å². The molecule has 1 aliphatic heterocycles. The fourth-order valence-corrected chi connectivity index (χ4v) is 2.50. The number of rotatable bonds is 4. The standard InChI is InChI=1S/C15H22N2O4/c1-3-20-15(19)11-4-5-13(16)14(6-11)17-7-10(2)21-12(8-17)9-18/h4-6,10,12,18H,3,7-9,16H2,1-2H3. The lowest BCUT2D eigenvalue weighted by molar-refractivity contribution is -0.0420. The van der Waals surface area contributed by atoms with Crippen LogP contribution < -0.4 is 10.6 Å². The largest absolute Gasteiger partial charge is 0.462 e. The van der Waals surface area contributed by atoms with Crippen LogP contribution in [0.25, 0.3) is 0 Å². The van der Waals surface area contributed by atoms with Crippen LogP contribution in [-0.2, 0) is 9.47 Å². The van der Waals surface area contributed by atoms with Gasteiger partial charge in [0.05, 0.1) is 42.4 Å². The van der Waals surface area contributed by atoms with E-state index < -0.39 is 0 Å². The molecule has 0 radical (unpaired) electrons. The number of esters is 1. The van der Waals surface area contributed by atoms with E-state index in [0.717, 1.165) is 5.69 Å². The highest BCUT2D eigenvalue weighted by atomic mass is 16.5. The Morgan fingerprint density at radius 2 is 2.29 bits per heavy atom. The molecule has 1 fully saturated rings. The number of hydrogen-bond donors (Lipinski definition) is 2. The number of nitrogens with two attached hydrogens (primary N) is 1. The number of carbonyl (C=O) groups is 1. The summed E-state index contributed by atoms with van der Waals surface area (Å²) in [5.41, 5.74) is 7.87. The van der Waals surface area contributed by atoms with Crippen molar-refractivity contribution in [2.24, 2.45) is 0 Å². The lowest BCUT2D eigenvalue weighted by Crippen LogP contribution is -2.48. The van der Waals surface area contributed by atoms with Crippen LogP contribution in [0.4, 0.5) is 11.4 Å². The molecule has 0 saturated carbocycles. The Morgan fingerprint density at radius 1 is 1.52 bits per heavy atom. The second-order valence-electron chi connectivity index (χ2n) is 5.15. The summed E-state index contributed by atoms with van der Waals surface area (Å²) in [6.07, 6.45) is -0.263. The number of benzene rings is 1. The Bertz CT molecular complexity index is 506. The summed E-state index contributed by atoms with van der Waals surface area (Å²) in [5.74, 6) is -0.362. The minimum atomic E-state index is -0.362. The minimum absolute atomic E-state index is 0.0125. The number of aliphatic hydroxyl groups is 1. The third-order valence-electron chi connectivity index (χ3n) is 3.41. The van der Waals surface area contributed by atoms with Gasteiger partial charge in [0.1, 0.15) is 0 Å². The quantitative estimate of drug-likeness (QED) is 0.637. The average Bonchev–Trinajstić information content (AvgIpc) is 2.47. The van der Waals surface area contributed by atoms with Gasteiger partial charge in [0.25, 0.3) is 0 Å². The number of aliphatic hydroxyl groups excluding tert-OH is 1. The van der Waals surface area contributed by atoms with E-state index in [9.17, 15) is 9.90 Å². The fourth-order valence-electron chi connectivity index (χ4n) is 2.50. The maximum Gasteiger partial charge on any atom is 0.338 e. The second-order valence-corrected chi connectivity index (χ2v) is 5.15. The normalized spacial score (nSPS) is 22.1. The van der Waals surface area contributed by atoms with E-state index in [4.69, 9.17) is 15.2 Å². The summed E-state index contributed by atoms with van der Waals surface area (Å²) in [6, 6.07) is 5.10. The molecule has 0 aromatic heterocycles. The molecule has 0 aliphatic carbocycles. The van der Waals surface area contributed by atoms with E-state index in [1.807, 2.05) is 11.8 Å². The molecular weight excluding hydrogens is 272 g/mol. The topological polar surface area (TPSA) is 85.0 Å². The van der Waals surface area contributed by atoms with Gasteiger partial charge in [-0.05, 0) is 32.0 Å². The number of carbonyl (C=O) groups excluding carboxylic acids is 1. The van der Waals surface area contributed by atoms with Gasteiger partial charge in [0.2, 0.25) is 0 Å². The molecule has 3 N–H and O–H groups in total. The van der Waals surface area contributed by atoms with E-state index in [1.165, 1.54) is 0 Å². The molecule has 116 valence electrons. The number of morpholine rings is 1. The molecule has 1 aliphatic rings. The van der Waals surface area contributed by atoms with Crippen molar-refractivity contribution in [3.05, 3.63) is 23.8 Å².